The maximum atomic E-state index is 12.1. The number of hydrazine groups is 1. The minimum atomic E-state index is -0.726. The zero-order valence-electron chi connectivity index (χ0n) is 14.7. The molecule has 9 nitrogen and oxygen atoms in total. The van der Waals surface area contributed by atoms with Crippen LogP contribution < -0.4 is 16.2 Å². The van der Waals surface area contributed by atoms with Gasteiger partial charge in [-0.15, -0.1) is 0 Å². The summed E-state index contributed by atoms with van der Waals surface area (Å²) in [5.74, 6) is -1.02. The quantitative estimate of drug-likeness (QED) is 0.438. The molecule has 26 heavy (non-hydrogen) atoms. The molecule has 4 N–H and O–H groups in total. The number of hydrogen-bond donors (Lipinski definition) is 4. The highest BCUT2D eigenvalue weighted by atomic mass is 16.5. The lowest BCUT2D eigenvalue weighted by atomic mass is 10.3. The number of nitrogens with zero attached hydrogens (tertiary/aromatic N) is 2. The van der Waals surface area contributed by atoms with Crippen LogP contribution in [0.4, 0.5) is 4.79 Å². The molecule has 1 heterocycles. The molecule has 0 aliphatic carbocycles. The zero-order chi connectivity index (χ0) is 18.9. The van der Waals surface area contributed by atoms with Crippen LogP contribution in [-0.4, -0.2) is 46.1 Å². The highest BCUT2D eigenvalue weighted by molar-refractivity contribution is 5.95. The second-order valence-corrected chi connectivity index (χ2v) is 5.75. The molecule has 0 saturated carbocycles. The van der Waals surface area contributed by atoms with E-state index < -0.39 is 11.9 Å². The predicted octanol–water partition coefficient (Wildman–Crippen LogP) is 1.34. The van der Waals surface area contributed by atoms with Crippen LogP contribution in [0.3, 0.4) is 0 Å². The van der Waals surface area contributed by atoms with Crippen molar-refractivity contribution in [3.05, 3.63) is 42.2 Å². The van der Waals surface area contributed by atoms with Gasteiger partial charge in [-0.25, -0.2) is 14.9 Å². The van der Waals surface area contributed by atoms with Crippen LogP contribution in [0, 0.1) is 0 Å². The third-order valence-electron chi connectivity index (χ3n) is 3.28. The number of carbonyl (C=O) groups excluding carboxylic acids is 2. The Bertz CT molecular complexity index is 730. The number of carbonyl (C=O) groups is 2. The van der Waals surface area contributed by atoms with Gasteiger partial charge in [0, 0.05) is 13.2 Å². The Labute approximate surface area is 151 Å². The normalized spacial score (nSPS) is 10.6. The molecule has 0 aliphatic heterocycles. The molecule has 3 amide bonds. The van der Waals surface area contributed by atoms with E-state index in [1.54, 1.807) is 12.1 Å². The molecule has 0 saturated heterocycles. The van der Waals surface area contributed by atoms with E-state index in [9.17, 15) is 14.7 Å². The van der Waals surface area contributed by atoms with Crippen LogP contribution in [-0.2, 0) is 4.74 Å². The Balaban J connectivity index is 1.79. The minimum Gasteiger partial charge on any atom is -0.504 e. The van der Waals surface area contributed by atoms with Crippen molar-refractivity contribution in [1.82, 2.24) is 25.9 Å². The topological polar surface area (TPSA) is 118 Å². The number of ether oxygens (including phenoxy) is 1. The Kier molecular flexibility index (Phi) is 6.98. The van der Waals surface area contributed by atoms with Crippen molar-refractivity contribution < 1.29 is 19.4 Å². The number of rotatable bonds is 7. The molecule has 140 valence electrons. The van der Waals surface area contributed by atoms with Crippen molar-refractivity contribution in [1.29, 1.82) is 0 Å². The van der Waals surface area contributed by atoms with Crippen molar-refractivity contribution in [3.63, 3.8) is 0 Å². The number of para-hydroxylation sites is 1. The number of amides is 3. The first-order valence-corrected chi connectivity index (χ1v) is 8.27. The van der Waals surface area contributed by atoms with Crippen molar-refractivity contribution in [3.8, 4) is 11.4 Å². The van der Waals surface area contributed by atoms with E-state index >= 15 is 0 Å². The summed E-state index contributed by atoms with van der Waals surface area (Å²) in [6.45, 7) is 4.81. The number of aromatic hydroxyl groups is 1. The number of aromatic nitrogens is 2. The molecular weight excluding hydrogens is 338 g/mol. The summed E-state index contributed by atoms with van der Waals surface area (Å²) in [6, 6.07) is 8.46. The van der Waals surface area contributed by atoms with Crippen LogP contribution in [0.25, 0.3) is 5.69 Å². The van der Waals surface area contributed by atoms with E-state index in [0.29, 0.717) is 25.3 Å². The standard InChI is InChI=1S/C17H23N5O4/c1-12(2)26-10-6-9-18-17(25)20-19-16(24)15-14(23)11-22(21-15)13-7-4-3-5-8-13/h3-5,7-8,11-12,23H,6,9-10H2,1-2H3,(H,19,24)(H2,18,20,25). The molecule has 1 aromatic carbocycles. The molecule has 0 aliphatic rings. The summed E-state index contributed by atoms with van der Waals surface area (Å²) in [6.07, 6.45) is 2.12. The highest BCUT2D eigenvalue weighted by Gasteiger charge is 2.17. The molecule has 1 aromatic heterocycles. The summed E-state index contributed by atoms with van der Waals surface area (Å²) < 4.78 is 6.73. The Hall–Kier alpha value is -3.07. The third-order valence-corrected chi connectivity index (χ3v) is 3.28. The number of urea groups is 1. The van der Waals surface area contributed by atoms with Crippen LogP contribution in [0.15, 0.2) is 36.5 Å². The fourth-order valence-corrected chi connectivity index (χ4v) is 2.05. The molecule has 2 rings (SSSR count). The first kappa shape index (κ1) is 19.3. The van der Waals surface area contributed by atoms with Gasteiger partial charge >= 0.3 is 6.03 Å². The Morgan fingerprint density at radius 3 is 2.65 bits per heavy atom. The summed E-state index contributed by atoms with van der Waals surface area (Å²) in [7, 11) is 0. The summed E-state index contributed by atoms with van der Waals surface area (Å²) in [5, 5.41) is 16.5. The van der Waals surface area contributed by atoms with Gasteiger partial charge in [0.25, 0.3) is 5.91 Å². The van der Waals surface area contributed by atoms with Crippen molar-refractivity contribution >= 4 is 11.9 Å². The van der Waals surface area contributed by atoms with Gasteiger partial charge in [0.05, 0.1) is 18.0 Å². The zero-order valence-corrected chi connectivity index (χ0v) is 14.7. The van der Waals surface area contributed by atoms with Crippen molar-refractivity contribution in [2.45, 2.75) is 26.4 Å². The lowest BCUT2D eigenvalue weighted by molar-refractivity contribution is 0.0773. The highest BCUT2D eigenvalue weighted by Crippen LogP contribution is 2.17. The van der Waals surface area contributed by atoms with E-state index in [1.807, 2.05) is 32.0 Å². The van der Waals surface area contributed by atoms with E-state index in [1.165, 1.54) is 10.9 Å². The first-order chi connectivity index (χ1) is 12.5. The molecule has 0 unspecified atom stereocenters. The molecule has 0 bridgehead atoms. The fourth-order valence-electron chi connectivity index (χ4n) is 2.05. The lowest BCUT2D eigenvalue weighted by Crippen LogP contribution is -2.47. The van der Waals surface area contributed by atoms with Crippen molar-refractivity contribution in [2.75, 3.05) is 13.2 Å². The van der Waals surface area contributed by atoms with E-state index in [4.69, 9.17) is 4.74 Å². The number of nitrogens with one attached hydrogen (secondary N) is 3. The predicted molar refractivity (Wildman–Crippen MR) is 94.9 cm³/mol. The number of benzene rings is 1. The van der Waals surface area contributed by atoms with Crippen LogP contribution >= 0.6 is 0 Å². The second kappa shape index (κ2) is 9.42. The van der Waals surface area contributed by atoms with Gasteiger partial charge in [-0.1, -0.05) is 18.2 Å². The molecular formula is C17H23N5O4. The van der Waals surface area contributed by atoms with Gasteiger partial charge in [-0.2, -0.15) is 5.10 Å². The molecule has 9 heteroatoms. The molecule has 0 fully saturated rings. The number of hydrogen-bond acceptors (Lipinski definition) is 5. The van der Waals surface area contributed by atoms with E-state index in [0.717, 1.165) is 0 Å². The second-order valence-electron chi connectivity index (χ2n) is 5.75. The summed E-state index contributed by atoms with van der Waals surface area (Å²) in [5.41, 5.74) is 4.90. The molecule has 0 spiro atoms. The van der Waals surface area contributed by atoms with Gasteiger partial charge in [0.15, 0.2) is 11.4 Å². The average molecular weight is 361 g/mol. The van der Waals surface area contributed by atoms with Gasteiger partial charge in [0.2, 0.25) is 0 Å². The minimum absolute atomic E-state index is 0.145. The summed E-state index contributed by atoms with van der Waals surface area (Å²) >= 11 is 0. The van der Waals surface area contributed by atoms with Crippen molar-refractivity contribution in [2.24, 2.45) is 0 Å². The van der Waals surface area contributed by atoms with Gasteiger partial charge < -0.3 is 15.2 Å². The SMILES string of the molecule is CC(C)OCCCNC(=O)NNC(=O)c1nn(-c2ccccc2)cc1O. The lowest BCUT2D eigenvalue weighted by Gasteiger charge is -2.09. The fraction of sp³-hybridized carbons (Fsp3) is 0.353. The van der Waals surface area contributed by atoms with Gasteiger partial charge in [0.1, 0.15) is 0 Å². The smallest absolute Gasteiger partial charge is 0.333 e. The largest absolute Gasteiger partial charge is 0.504 e. The van der Waals surface area contributed by atoms with Crippen LogP contribution in [0.5, 0.6) is 5.75 Å². The monoisotopic (exact) mass is 361 g/mol. The Morgan fingerprint density at radius 2 is 1.96 bits per heavy atom. The Morgan fingerprint density at radius 1 is 1.23 bits per heavy atom. The van der Waals surface area contributed by atoms with E-state index in [-0.39, 0.29) is 17.5 Å². The molecule has 2 aromatic rings. The third kappa shape index (κ3) is 5.78. The van der Waals surface area contributed by atoms with Crippen LogP contribution in [0.2, 0.25) is 0 Å². The van der Waals surface area contributed by atoms with E-state index in [2.05, 4.69) is 21.3 Å². The van der Waals surface area contributed by atoms with Crippen LogP contribution in [0.1, 0.15) is 30.8 Å². The maximum absolute atomic E-state index is 12.1. The van der Waals surface area contributed by atoms with Gasteiger partial charge in [-0.05, 0) is 32.4 Å². The summed E-state index contributed by atoms with van der Waals surface area (Å²) in [4.78, 5) is 23.7. The van der Waals surface area contributed by atoms with Gasteiger partial charge in [-0.3, -0.25) is 10.2 Å². The first-order valence-electron chi connectivity index (χ1n) is 8.27. The maximum Gasteiger partial charge on any atom is 0.333 e. The average Bonchev–Trinajstić information content (AvgIpc) is 3.02. The molecule has 0 atom stereocenters. The molecule has 0 radical (unpaired) electrons.